The highest BCUT2D eigenvalue weighted by atomic mass is 32.2. The smallest absolute Gasteiger partial charge is 0.294 e. The van der Waals surface area contributed by atoms with Crippen LogP contribution in [0.2, 0.25) is 0 Å². The molecule has 0 atom stereocenters. The number of benzene rings is 1. The number of nitrogens with zero attached hydrogens (tertiary/aromatic N) is 1. The molecule has 96 valence electrons. The van der Waals surface area contributed by atoms with Gasteiger partial charge in [0, 0.05) is 23.6 Å². The van der Waals surface area contributed by atoms with Crippen LogP contribution < -0.4 is 0 Å². The molecule has 0 spiro atoms. The van der Waals surface area contributed by atoms with Crippen molar-refractivity contribution in [3.05, 3.63) is 29.5 Å². The van der Waals surface area contributed by atoms with Crippen LogP contribution in [0.1, 0.15) is 24.1 Å². The second-order valence-corrected chi connectivity index (χ2v) is 6.27. The molecule has 1 N–H and O–H groups in total. The van der Waals surface area contributed by atoms with Crippen LogP contribution in [-0.4, -0.2) is 17.5 Å². The summed E-state index contributed by atoms with van der Waals surface area (Å²) < 4.78 is 33.7. The molecule has 0 unspecified atom stereocenters. The molecule has 1 aromatic carbocycles. The van der Waals surface area contributed by atoms with Gasteiger partial charge < -0.3 is 4.57 Å². The Bertz CT molecular complexity index is 728. The monoisotopic (exact) mass is 265 g/mol. The quantitative estimate of drug-likeness (QED) is 0.805. The van der Waals surface area contributed by atoms with Gasteiger partial charge in [0.2, 0.25) is 0 Å². The van der Waals surface area contributed by atoms with Crippen molar-refractivity contribution in [1.29, 1.82) is 0 Å². The fraction of sp³-hybridized carbons (Fsp3) is 0.385. The fourth-order valence-electron chi connectivity index (χ4n) is 2.90. The SMILES string of the molecule is Cn1c2c(c3cc(S(=O)(=O)O)ccc31)CCCC2. The molecule has 1 heterocycles. The van der Waals surface area contributed by atoms with E-state index in [4.69, 9.17) is 4.55 Å². The second kappa shape index (κ2) is 3.83. The maximum atomic E-state index is 11.2. The molecule has 0 bridgehead atoms. The summed E-state index contributed by atoms with van der Waals surface area (Å²) in [4.78, 5) is -0.0195. The molecule has 0 fully saturated rings. The van der Waals surface area contributed by atoms with Crippen molar-refractivity contribution in [3.8, 4) is 0 Å². The van der Waals surface area contributed by atoms with Crippen LogP contribution >= 0.6 is 0 Å². The van der Waals surface area contributed by atoms with E-state index in [1.165, 1.54) is 23.7 Å². The van der Waals surface area contributed by atoms with Gasteiger partial charge in [0.15, 0.2) is 0 Å². The van der Waals surface area contributed by atoms with Crippen molar-refractivity contribution in [3.63, 3.8) is 0 Å². The third-order valence-electron chi connectivity index (χ3n) is 3.80. The Hall–Kier alpha value is -1.33. The number of hydrogen-bond acceptors (Lipinski definition) is 2. The molecular weight excluding hydrogens is 250 g/mol. The predicted octanol–water partition coefficient (Wildman–Crippen LogP) is 2.30. The Labute approximate surface area is 106 Å². The van der Waals surface area contributed by atoms with Gasteiger partial charge in [0.25, 0.3) is 10.1 Å². The number of aryl methyl sites for hydroxylation is 2. The summed E-state index contributed by atoms with van der Waals surface area (Å²) in [6.07, 6.45) is 4.36. The topological polar surface area (TPSA) is 59.3 Å². The molecule has 0 aliphatic heterocycles. The molecule has 1 aliphatic rings. The van der Waals surface area contributed by atoms with Crippen molar-refractivity contribution in [1.82, 2.24) is 4.57 Å². The largest absolute Gasteiger partial charge is 0.347 e. The summed E-state index contributed by atoms with van der Waals surface area (Å²) in [5.41, 5.74) is 3.57. The van der Waals surface area contributed by atoms with Crippen molar-refractivity contribution >= 4 is 21.0 Å². The van der Waals surface area contributed by atoms with E-state index < -0.39 is 10.1 Å². The Morgan fingerprint density at radius 1 is 1.22 bits per heavy atom. The lowest BCUT2D eigenvalue weighted by molar-refractivity contribution is 0.483. The third kappa shape index (κ3) is 1.66. The van der Waals surface area contributed by atoms with Gasteiger partial charge in [-0.25, -0.2) is 0 Å². The summed E-state index contributed by atoms with van der Waals surface area (Å²) in [7, 11) is -2.11. The van der Waals surface area contributed by atoms with E-state index in [0.717, 1.165) is 30.2 Å². The van der Waals surface area contributed by atoms with E-state index in [1.807, 2.05) is 7.05 Å². The molecule has 0 radical (unpaired) electrons. The maximum absolute atomic E-state index is 11.2. The standard InChI is InChI=1S/C13H15NO3S/c1-14-12-5-3-2-4-10(12)11-8-9(18(15,16)17)6-7-13(11)14/h6-8H,2-5H2,1H3,(H,15,16,17). The predicted molar refractivity (Wildman–Crippen MR) is 69.4 cm³/mol. The van der Waals surface area contributed by atoms with E-state index in [-0.39, 0.29) is 4.90 Å². The number of fused-ring (bicyclic) bond motifs is 3. The summed E-state index contributed by atoms with van der Waals surface area (Å²) in [5, 5.41) is 0.960. The van der Waals surface area contributed by atoms with Gasteiger partial charge in [-0.05, 0) is 49.4 Å². The number of rotatable bonds is 1. The molecule has 1 aliphatic carbocycles. The maximum Gasteiger partial charge on any atom is 0.294 e. The van der Waals surface area contributed by atoms with Gasteiger partial charge in [-0.15, -0.1) is 0 Å². The highest BCUT2D eigenvalue weighted by molar-refractivity contribution is 7.85. The average molecular weight is 265 g/mol. The van der Waals surface area contributed by atoms with Crippen LogP contribution in [0, 0.1) is 0 Å². The van der Waals surface area contributed by atoms with Crippen molar-refractivity contribution in [2.24, 2.45) is 7.05 Å². The minimum Gasteiger partial charge on any atom is -0.347 e. The lowest BCUT2D eigenvalue weighted by Gasteiger charge is -2.12. The van der Waals surface area contributed by atoms with E-state index in [1.54, 1.807) is 12.1 Å². The molecule has 4 nitrogen and oxygen atoms in total. The van der Waals surface area contributed by atoms with E-state index >= 15 is 0 Å². The van der Waals surface area contributed by atoms with Crippen LogP contribution in [0.4, 0.5) is 0 Å². The first-order chi connectivity index (χ1) is 8.48. The van der Waals surface area contributed by atoms with Crippen LogP contribution in [0.5, 0.6) is 0 Å². The molecule has 0 amide bonds. The number of aromatic nitrogens is 1. The number of hydrogen-bond donors (Lipinski definition) is 1. The Balaban J connectivity index is 2.34. The lowest BCUT2D eigenvalue weighted by atomic mass is 9.96. The van der Waals surface area contributed by atoms with E-state index in [2.05, 4.69) is 4.57 Å². The molecule has 3 rings (SSSR count). The van der Waals surface area contributed by atoms with Crippen LogP contribution in [0.15, 0.2) is 23.1 Å². The summed E-state index contributed by atoms with van der Waals surface area (Å²) in [6, 6.07) is 4.83. The van der Waals surface area contributed by atoms with E-state index in [0.29, 0.717) is 0 Å². The zero-order valence-electron chi connectivity index (χ0n) is 10.2. The first-order valence-electron chi connectivity index (χ1n) is 6.06. The molecule has 18 heavy (non-hydrogen) atoms. The Morgan fingerprint density at radius 3 is 2.67 bits per heavy atom. The van der Waals surface area contributed by atoms with Gasteiger partial charge in [-0.3, -0.25) is 4.55 Å². The zero-order chi connectivity index (χ0) is 12.9. The highest BCUT2D eigenvalue weighted by Crippen LogP contribution is 2.32. The summed E-state index contributed by atoms with van der Waals surface area (Å²) in [6.45, 7) is 0. The zero-order valence-corrected chi connectivity index (χ0v) is 11.0. The highest BCUT2D eigenvalue weighted by Gasteiger charge is 2.20. The van der Waals surface area contributed by atoms with Gasteiger partial charge in [0.05, 0.1) is 4.90 Å². The first kappa shape index (κ1) is 11.7. The minimum absolute atomic E-state index is 0.0195. The molecule has 2 aromatic rings. The van der Waals surface area contributed by atoms with Crippen molar-refractivity contribution in [2.45, 2.75) is 30.6 Å². The second-order valence-electron chi connectivity index (χ2n) is 4.85. The van der Waals surface area contributed by atoms with Gasteiger partial charge >= 0.3 is 0 Å². The Morgan fingerprint density at radius 2 is 1.94 bits per heavy atom. The normalized spacial score (nSPS) is 15.9. The Kier molecular flexibility index (Phi) is 2.50. The lowest BCUT2D eigenvalue weighted by Crippen LogP contribution is -2.04. The molecule has 1 aromatic heterocycles. The van der Waals surface area contributed by atoms with Gasteiger partial charge in [-0.2, -0.15) is 8.42 Å². The average Bonchev–Trinajstić information content (AvgIpc) is 2.63. The molecular formula is C13H15NO3S. The summed E-state index contributed by atoms with van der Waals surface area (Å²) >= 11 is 0. The van der Waals surface area contributed by atoms with Crippen molar-refractivity contribution in [2.75, 3.05) is 0 Å². The molecule has 0 saturated heterocycles. The van der Waals surface area contributed by atoms with Crippen LogP contribution in [-0.2, 0) is 30.0 Å². The van der Waals surface area contributed by atoms with E-state index in [9.17, 15) is 8.42 Å². The van der Waals surface area contributed by atoms with Crippen LogP contribution in [0.25, 0.3) is 10.9 Å². The fourth-order valence-corrected chi connectivity index (χ4v) is 3.41. The van der Waals surface area contributed by atoms with Gasteiger partial charge in [0.1, 0.15) is 0 Å². The minimum atomic E-state index is -4.12. The van der Waals surface area contributed by atoms with Crippen LogP contribution in [0.3, 0.4) is 0 Å². The first-order valence-corrected chi connectivity index (χ1v) is 7.50. The third-order valence-corrected chi connectivity index (χ3v) is 4.65. The molecule has 5 heteroatoms. The summed E-state index contributed by atoms with van der Waals surface area (Å²) in [5.74, 6) is 0. The van der Waals surface area contributed by atoms with Gasteiger partial charge in [-0.1, -0.05) is 0 Å². The van der Waals surface area contributed by atoms with Crippen molar-refractivity contribution < 1.29 is 13.0 Å². The molecule has 0 saturated carbocycles.